The molecule has 10 aromatic rings. The molecule has 4 nitrogen and oxygen atoms in total. The molecule has 0 aliphatic carbocycles. The Labute approximate surface area is 283 Å². The highest BCUT2D eigenvalue weighted by molar-refractivity contribution is 7.24. The Morgan fingerprint density at radius 2 is 0.958 bits per heavy atom. The molecule has 0 bridgehead atoms. The van der Waals surface area contributed by atoms with E-state index < -0.39 is 0 Å². The molecule has 48 heavy (non-hydrogen) atoms. The average Bonchev–Trinajstić information content (AvgIpc) is 3.81. The Morgan fingerprint density at radius 3 is 1.65 bits per heavy atom. The molecular formula is C42H24N4S2. The molecule has 0 aliphatic heterocycles. The highest BCUT2D eigenvalue weighted by Gasteiger charge is 2.20. The zero-order chi connectivity index (χ0) is 31.6. The van der Waals surface area contributed by atoms with E-state index in [-0.39, 0.29) is 0 Å². The number of hydrogen-bond acceptors (Lipinski definition) is 6. The standard InChI is InChI=1S/C42H24N4S2/c1-3-9-25(10-4-1)28-20-31-30(41-32(28)22-39(47-41)27-15-16-35-37(19-27)44-18-17-43-35)21-29(26-11-5-2-6-12-26)33-23-40(48-42(31)33)38-24-45-34-13-7-8-14-36(34)46-38/h1-24H. The number of rotatable bonds is 4. The summed E-state index contributed by atoms with van der Waals surface area (Å²) in [6.45, 7) is 0. The van der Waals surface area contributed by atoms with Crippen LogP contribution < -0.4 is 0 Å². The average molecular weight is 649 g/mol. The molecule has 6 aromatic carbocycles. The monoisotopic (exact) mass is 648 g/mol. The molecule has 0 amide bonds. The van der Waals surface area contributed by atoms with Crippen LogP contribution in [0.3, 0.4) is 0 Å². The summed E-state index contributed by atoms with van der Waals surface area (Å²) >= 11 is 3.65. The van der Waals surface area contributed by atoms with Crippen LogP contribution >= 0.6 is 22.7 Å². The van der Waals surface area contributed by atoms with Gasteiger partial charge in [-0.3, -0.25) is 15.0 Å². The van der Waals surface area contributed by atoms with Gasteiger partial charge in [-0.2, -0.15) is 0 Å². The molecule has 0 radical (unpaired) electrons. The highest BCUT2D eigenvalue weighted by Crippen LogP contribution is 2.49. The molecule has 0 aliphatic rings. The quantitative estimate of drug-likeness (QED) is 0.191. The Hall–Kier alpha value is -5.82. The first-order valence-electron chi connectivity index (χ1n) is 15.8. The summed E-state index contributed by atoms with van der Waals surface area (Å²) in [6.07, 6.45) is 5.41. The Balaban J connectivity index is 1.29. The van der Waals surface area contributed by atoms with Gasteiger partial charge in [-0.15, -0.1) is 22.7 Å². The summed E-state index contributed by atoms with van der Waals surface area (Å²) in [7, 11) is 0. The first kappa shape index (κ1) is 27.3. The Bertz CT molecular complexity index is 2640. The minimum absolute atomic E-state index is 0.893. The Morgan fingerprint density at radius 1 is 0.396 bits per heavy atom. The van der Waals surface area contributed by atoms with E-state index in [4.69, 9.17) is 9.97 Å². The van der Waals surface area contributed by atoms with Crippen LogP contribution in [0, 0.1) is 0 Å². The number of hydrogen-bond donors (Lipinski definition) is 0. The molecule has 0 saturated carbocycles. The lowest BCUT2D eigenvalue weighted by atomic mass is 9.93. The van der Waals surface area contributed by atoms with E-state index in [1.165, 1.54) is 58.1 Å². The summed E-state index contributed by atoms with van der Waals surface area (Å²) in [6, 6.07) is 45.4. The van der Waals surface area contributed by atoms with Gasteiger partial charge >= 0.3 is 0 Å². The van der Waals surface area contributed by atoms with Crippen LogP contribution in [0.15, 0.2) is 146 Å². The lowest BCUT2D eigenvalue weighted by molar-refractivity contribution is 1.29. The number of fused-ring (bicyclic) bond motifs is 7. The topological polar surface area (TPSA) is 51.6 Å². The van der Waals surface area contributed by atoms with Gasteiger partial charge in [-0.25, -0.2) is 4.98 Å². The third-order valence-electron chi connectivity index (χ3n) is 9.03. The molecule has 0 saturated heterocycles. The van der Waals surface area contributed by atoms with Gasteiger partial charge < -0.3 is 0 Å². The van der Waals surface area contributed by atoms with Crippen LogP contribution in [-0.2, 0) is 0 Å². The molecule has 0 unspecified atom stereocenters. The van der Waals surface area contributed by atoms with Crippen molar-refractivity contribution >= 4 is 75.7 Å². The van der Waals surface area contributed by atoms with Crippen molar-refractivity contribution in [3.8, 4) is 43.3 Å². The summed E-state index contributed by atoms with van der Waals surface area (Å²) < 4.78 is 2.53. The van der Waals surface area contributed by atoms with Crippen molar-refractivity contribution in [2.75, 3.05) is 0 Å². The first-order valence-corrected chi connectivity index (χ1v) is 17.4. The van der Waals surface area contributed by atoms with Crippen molar-refractivity contribution in [2.45, 2.75) is 0 Å². The van der Waals surface area contributed by atoms with Crippen molar-refractivity contribution in [1.82, 2.24) is 19.9 Å². The normalized spacial score (nSPS) is 11.8. The first-order chi connectivity index (χ1) is 23.8. The van der Waals surface area contributed by atoms with E-state index in [0.717, 1.165) is 38.2 Å². The summed E-state index contributed by atoms with van der Waals surface area (Å²) in [4.78, 5) is 21.2. The zero-order valence-electron chi connectivity index (χ0n) is 25.5. The van der Waals surface area contributed by atoms with Crippen molar-refractivity contribution in [2.24, 2.45) is 0 Å². The molecule has 0 N–H and O–H groups in total. The summed E-state index contributed by atoms with van der Waals surface area (Å²) in [5.41, 5.74) is 10.5. The van der Waals surface area contributed by atoms with Crippen molar-refractivity contribution in [3.05, 3.63) is 146 Å². The van der Waals surface area contributed by atoms with Crippen LogP contribution in [0.4, 0.5) is 0 Å². The Kier molecular flexibility index (Phi) is 6.19. The van der Waals surface area contributed by atoms with Gasteiger partial charge in [0.15, 0.2) is 0 Å². The number of para-hydroxylation sites is 2. The number of thiophene rings is 2. The maximum atomic E-state index is 5.04. The van der Waals surface area contributed by atoms with Gasteiger partial charge in [0, 0.05) is 48.2 Å². The van der Waals surface area contributed by atoms with Gasteiger partial charge in [0.2, 0.25) is 0 Å². The second-order valence-corrected chi connectivity index (χ2v) is 14.0. The molecule has 4 heterocycles. The van der Waals surface area contributed by atoms with E-state index in [9.17, 15) is 0 Å². The number of benzene rings is 6. The fraction of sp³-hybridized carbons (Fsp3) is 0. The van der Waals surface area contributed by atoms with Gasteiger partial charge in [0.1, 0.15) is 0 Å². The number of aromatic nitrogens is 4. The van der Waals surface area contributed by atoms with Gasteiger partial charge in [-0.1, -0.05) is 78.9 Å². The predicted octanol–water partition coefficient (Wildman–Crippen LogP) is 11.8. The lowest BCUT2D eigenvalue weighted by Gasteiger charge is -2.12. The van der Waals surface area contributed by atoms with Crippen molar-refractivity contribution < 1.29 is 0 Å². The molecule has 0 atom stereocenters. The van der Waals surface area contributed by atoms with Gasteiger partial charge in [-0.05, 0) is 76.3 Å². The third-order valence-corrected chi connectivity index (χ3v) is 11.4. The molecule has 6 heteroatoms. The van der Waals surface area contributed by atoms with E-state index >= 15 is 0 Å². The molecule has 10 rings (SSSR count). The smallest absolute Gasteiger partial charge is 0.0993 e. The third kappa shape index (κ3) is 4.42. The summed E-state index contributed by atoms with van der Waals surface area (Å²) in [5, 5.41) is 4.99. The second kappa shape index (κ2) is 10.9. The van der Waals surface area contributed by atoms with Crippen molar-refractivity contribution in [3.63, 3.8) is 0 Å². The predicted molar refractivity (Wildman–Crippen MR) is 203 cm³/mol. The zero-order valence-corrected chi connectivity index (χ0v) is 27.1. The molecule has 0 fully saturated rings. The lowest BCUT2D eigenvalue weighted by Crippen LogP contribution is -1.86. The van der Waals surface area contributed by atoms with E-state index in [1.54, 1.807) is 23.7 Å². The van der Waals surface area contributed by atoms with E-state index in [0.29, 0.717) is 0 Å². The highest BCUT2D eigenvalue weighted by atomic mass is 32.1. The van der Waals surface area contributed by atoms with E-state index in [1.807, 2.05) is 41.8 Å². The minimum Gasteiger partial charge on any atom is -0.253 e. The molecule has 4 aromatic heterocycles. The van der Waals surface area contributed by atoms with Gasteiger partial charge in [0.05, 0.1) is 38.8 Å². The SMILES string of the molecule is c1ccc(-c2cc3c(cc(-c4ccccc4)c4cc(-c5cnc6ccccc6n5)sc43)c3sc(-c4ccc5nccnc5c4)cc23)cc1. The number of nitrogens with zero attached hydrogens (tertiary/aromatic N) is 4. The summed E-state index contributed by atoms with van der Waals surface area (Å²) in [5.74, 6) is 0. The van der Waals surface area contributed by atoms with Crippen LogP contribution in [0.2, 0.25) is 0 Å². The molecule has 0 spiro atoms. The fourth-order valence-corrected chi connectivity index (χ4v) is 9.09. The molecule has 224 valence electrons. The van der Waals surface area contributed by atoms with Crippen LogP contribution in [-0.4, -0.2) is 19.9 Å². The minimum atomic E-state index is 0.893. The largest absolute Gasteiger partial charge is 0.253 e. The van der Waals surface area contributed by atoms with Crippen molar-refractivity contribution in [1.29, 1.82) is 0 Å². The second-order valence-electron chi connectivity index (χ2n) is 11.9. The van der Waals surface area contributed by atoms with E-state index in [2.05, 4.69) is 113 Å². The van der Waals surface area contributed by atoms with Crippen LogP contribution in [0.5, 0.6) is 0 Å². The fourth-order valence-electron chi connectivity index (χ4n) is 6.73. The maximum absolute atomic E-state index is 5.04. The maximum Gasteiger partial charge on any atom is 0.0993 e. The van der Waals surface area contributed by atoms with Gasteiger partial charge in [0.25, 0.3) is 0 Å². The van der Waals surface area contributed by atoms with Crippen LogP contribution in [0.1, 0.15) is 0 Å². The molecular weight excluding hydrogens is 625 g/mol. The van der Waals surface area contributed by atoms with Crippen LogP contribution in [0.25, 0.3) is 96.3 Å².